The summed E-state index contributed by atoms with van der Waals surface area (Å²) in [4.78, 5) is 37.4. The number of amides is 2. The fourth-order valence-corrected chi connectivity index (χ4v) is 11.6. The highest BCUT2D eigenvalue weighted by Crippen LogP contribution is 2.45. The van der Waals surface area contributed by atoms with Crippen LogP contribution in [0.1, 0.15) is 93.7 Å². The summed E-state index contributed by atoms with van der Waals surface area (Å²) in [6.45, 7) is 12.5. The highest BCUT2D eigenvalue weighted by atomic mass is 16.5. The molecule has 2 aliphatic carbocycles. The maximum atomic E-state index is 13.1. The number of carbonyl (C=O) groups excluding carboxylic acids is 2. The predicted octanol–water partition coefficient (Wildman–Crippen LogP) is 4.41. The fourth-order valence-electron chi connectivity index (χ4n) is 11.6. The monoisotopic (exact) mass is 845 g/mol. The molecule has 3 aromatic rings. The normalized spacial score (nSPS) is 31.7. The van der Waals surface area contributed by atoms with Crippen molar-refractivity contribution in [3.63, 3.8) is 0 Å². The highest BCUT2D eigenvalue weighted by Gasteiger charge is 2.48. The number of nitrogens with one attached hydrogen (secondary N) is 4. The summed E-state index contributed by atoms with van der Waals surface area (Å²) in [5.74, 6) is 1.43. The van der Waals surface area contributed by atoms with Crippen LogP contribution in [0.5, 0.6) is 0 Å². The van der Waals surface area contributed by atoms with Gasteiger partial charge in [-0.25, -0.2) is 0 Å². The van der Waals surface area contributed by atoms with Gasteiger partial charge in [0.1, 0.15) is 0 Å². The van der Waals surface area contributed by atoms with E-state index in [9.17, 15) is 9.59 Å². The van der Waals surface area contributed by atoms with Gasteiger partial charge in [-0.15, -0.1) is 0 Å². The smallest absolute Gasteiger partial charge is 0.236 e. The van der Waals surface area contributed by atoms with E-state index in [4.69, 9.17) is 9.47 Å². The second-order valence-corrected chi connectivity index (χ2v) is 20.2. The van der Waals surface area contributed by atoms with Crippen molar-refractivity contribution in [3.05, 3.63) is 89.7 Å². The van der Waals surface area contributed by atoms with Crippen LogP contribution in [0.3, 0.4) is 0 Å². The minimum Gasteiger partial charge on any atom is -0.373 e. The van der Waals surface area contributed by atoms with Crippen molar-refractivity contribution in [1.82, 2.24) is 41.0 Å². The summed E-state index contributed by atoms with van der Waals surface area (Å²) in [7, 11) is 0. The lowest BCUT2D eigenvalue weighted by atomic mass is 9.87. The van der Waals surface area contributed by atoms with E-state index < -0.39 is 0 Å². The van der Waals surface area contributed by atoms with Crippen LogP contribution >= 0.6 is 0 Å². The lowest BCUT2D eigenvalue weighted by molar-refractivity contribution is -0.135. The Morgan fingerprint density at radius 3 is 1.97 bits per heavy atom. The number of ether oxygens (including phenoxy) is 2. The van der Waals surface area contributed by atoms with Crippen LogP contribution in [-0.4, -0.2) is 145 Å². The molecule has 1 aromatic heterocycles. The van der Waals surface area contributed by atoms with E-state index >= 15 is 0 Å². The Morgan fingerprint density at radius 1 is 0.726 bits per heavy atom. The van der Waals surface area contributed by atoms with Crippen LogP contribution < -0.4 is 21.3 Å². The van der Waals surface area contributed by atoms with Gasteiger partial charge >= 0.3 is 0 Å². The van der Waals surface area contributed by atoms with Crippen molar-refractivity contribution >= 4 is 11.8 Å². The molecule has 0 bridgehead atoms. The molecule has 8 atom stereocenters. The summed E-state index contributed by atoms with van der Waals surface area (Å²) in [5, 5.41) is 14.5. The fraction of sp³-hybridized carbons (Fsp3) is 0.620. The Kier molecular flexibility index (Phi) is 12.3. The molecule has 62 heavy (non-hydrogen) atoms. The second-order valence-electron chi connectivity index (χ2n) is 20.2. The van der Waals surface area contributed by atoms with Gasteiger partial charge in [-0.1, -0.05) is 54.6 Å². The third-order valence-corrected chi connectivity index (χ3v) is 15.2. The molecule has 7 fully saturated rings. The van der Waals surface area contributed by atoms with Gasteiger partial charge in [0.2, 0.25) is 11.8 Å². The van der Waals surface area contributed by atoms with E-state index in [-0.39, 0.29) is 23.0 Å². The largest absolute Gasteiger partial charge is 0.373 e. The molecule has 0 radical (unpaired) electrons. The first kappa shape index (κ1) is 42.2. The Morgan fingerprint density at radius 2 is 1.32 bits per heavy atom. The molecule has 4 unspecified atom stereocenters. The number of hydrogen-bond acceptors (Lipinski definition) is 10. The maximum absolute atomic E-state index is 13.1. The SMILES string of the molecule is CC1CN(C(=O)CN2CCC3(CC2)CC(N[C@@H]2C[C@H]2c2cccc(-c4cncc(CNC(=O)CN5CCC6(CC5)CC(N[C@@H]5C[C@H]5c5ccccc5)CO6)c4)c2)CO3)CC(C)N1. The number of nitrogens with zero attached hydrogens (tertiary/aromatic N) is 4. The van der Waals surface area contributed by atoms with Crippen molar-refractivity contribution in [2.24, 2.45) is 0 Å². The highest BCUT2D eigenvalue weighted by molar-refractivity contribution is 5.79. The Hall–Kier alpha value is -3.75. The summed E-state index contributed by atoms with van der Waals surface area (Å²) >= 11 is 0. The van der Waals surface area contributed by atoms with Crippen molar-refractivity contribution in [3.8, 4) is 11.1 Å². The molecular formula is C50H68N8O4. The quantitative estimate of drug-likeness (QED) is 0.197. The number of carbonyl (C=O) groups is 2. The average Bonchev–Trinajstić information content (AvgIpc) is 4.16. The molecule has 4 N–H and O–H groups in total. The predicted molar refractivity (Wildman–Crippen MR) is 241 cm³/mol. The van der Waals surface area contributed by atoms with Gasteiger partial charge in [0.25, 0.3) is 0 Å². The van der Waals surface area contributed by atoms with Crippen LogP contribution in [0.4, 0.5) is 0 Å². The number of hydrogen-bond donors (Lipinski definition) is 4. The second kappa shape index (κ2) is 18.0. The van der Waals surface area contributed by atoms with Crippen LogP contribution in [0.25, 0.3) is 11.1 Å². The standard InChI is InChI=1S/C50H68N8O4/c1-34-28-58(29-35(2)53-34)48(60)31-57-17-13-50(14-18-57)24-42(33-62-50)55-46-22-44(46)39-10-6-9-38(20-39)40-19-36(25-51-27-40)26-52-47(59)30-56-15-11-49(12-16-56)23-41(32-61-49)54-45-21-43(45)37-7-4-3-5-8-37/h3-10,19-20,25,27,34-35,41-46,53-55H,11-18,21-24,26,28-33H2,1-2H3,(H,52,59)/t34?,35?,41?,42?,43-,44-,45+,46+/m0/s1. The van der Waals surface area contributed by atoms with Crippen molar-refractivity contribution in [1.29, 1.82) is 0 Å². The van der Waals surface area contributed by atoms with Gasteiger partial charge in [0, 0.05) is 112 Å². The van der Waals surface area contributed by atoms with E-state index in [0.29, 0.717) is 67.7 Å². The lowest BCUT2D eigenvalue weighted by Crippen LogP contribution is -2.58. The zero-order valence-electron chi connectivity index (χ0n) is 36.9. The van der Waals surface area contributed by atoms with Gasteiger partial charge < -0.3 is 35.6 Å². The molecule has 12 heteroatoms. The molecule has 6 heterocycles. The molecule has 7 aliphatic rings. The van der Waals surface area contributed by atoms with Crippen molar-refractivity contribution < 1.29 is 19.1 Å². The Bertz CT molecular complexity index is 2030. The number of likely N-dealkylation sites (tertiary alicyclic amines) is 2. The average molecular weight is 845 g/mol. The van der Waals surface area contributed by atoms with E-state index in [2.05, 4.69) is 111 Å². The summed E-state index contributed by atoms with van der Waals surface area (Å²) in [5.41, 5.74) is 5.91. The molecular weight excluding hydrogens is 777 g/mol. The molecule has 2 aromatic carbocycles. The summed E-state index contributed by atoms with van der Waals surface area (Å²) in [6.07, 6.45) is 12.2. The van der Waals surface area contributed by atoms with Gasteiger partial charge in [-0.2, -0.15) is 0 Å². The Labute approximate surface area is 368 Å². The zero-order valence-corrected chi connectivity index (χ0v) is 36.9. The van der Waals surface area contributed by atoms with Crippen LogP contribution in [0, 0.1) is 0 Å². The molecule has 332 valence electrons. The van der Waals surface area contributed by atoms with E-state index in [1.807, 2.05) is 17.3 Å². The van der Waals surface area contributed by atoms with E-state index in [0.717, 1.165) is 114 Å². The number of aromatic nitrogens is 1. The van der Waals surface area contributed by atoms with Gasteiger partial charge in [-0.05, 0) is 93.5 Å². The summed E-state index contributed by atoms with van der Waals surface area (Å²) < 4.78 is 13.0. The van der Waals surface area contributed by atoms with E-state index in [1.165, 1.54) is 17.5 Å². The third kappa shape index (κ3) is 9.97. The van der Waals surface area contributed by atoms with Gasteiger partial charge in [0.05, 0.1) is 37.5 Å². The number of piperidine rings is 2. The molecule has 2 saturated carbocycles. The van der Waals surface area contributed by atoms with Gasteiger partial charge in [-0.3, -0.25) is 24.4 Å². The molecule has 5 aliphatic heterocycles. The number of rotatable bonds is 13. The summed E-state index contributed by atoms with van der Waals surface area (Å²) in [6, 6.07) is 24.4. The van der Waals surface area contributed by atoms with Gasteiger partial charge in [0.15, 0.2) is 0 Å². The Balaban J connectivity index is 0.636. The van der Waals surface area contributed by atoms with E-state index in [1.54, 1.807) is 0 Å². The van der Waals surface area contributed by atoms with Crippen LogP contribution in [0.15, 0.2) is 73.1 Å². The minimum atomic E-state index is -0.0652. The first-order chi connectivity index (χ1) is 30.2. The first-order valence-corrected chi connectivity index (χ1v) is 23.8. The molecule has 5 saturated heterocycles. The molecule has 10 rings (SSSR count). The lowest BCUT2D eigenvalue weighted by Gasteiger charge is -2.40. The maximum Gasteiger partial charge on any atom is 0.236 e. The molecule has 12 nitrogen and oxygen atoms in total. The van der Waals surface area contributed by atoms with Crippen molar-refractivity contribution in [2.45, 2.75) is 131 Å². The molecule has 2 spiro atoms. The molecule has 2 amide bonds. The number of pyridine rings is 1. The van der Waals surface area contributed by atoms with Crippen LogP contribution in [-0.2, 0) is 25.6 Å². The van der Waals surface area contributed by atoms with Crippen molar-refractivity contribution in [2.75, 3.05) is 65.6 Å². The number of piperazine rings is 1. The minimum absolute atomic E-state index is 0.0525. The topological polar surface area (TPSA) is 123 Å². The zero-order chi connectivity index (χ0) is 42.3. The van der Waals surface area contributed by atoms with Crippen LogP contribution in [0.2, 0.25) is 0 Å². The first-order valence-electron chi connectivity index (χ1n) is 23.8. The number of benzene rings is 2. The third-order valence-electron chi connectivity index (χ3n) is 15.2.